The number of ketones is 1. The first kappa shape index (κ1) is 21.0. The number of carbonyl (C=O) groups excluding carboxylic acids is 2. The Morgan fingerprint density at radius 3 is 2.35 bits per heavy atom. The molecule has 2 atom stereocenters. The minimum atomic E-state index is -0.236. The van der Waals surface area contributed by atoms with Gasteiger partial charge in [0.1, 0.15) is 17.2 Å². The Labute approximate surface area is 182 Å². The first-order chi connectivity index (χ1) is 15.0. The zero-order chi connectivity index (χ0) is 22.0. The van der Waals surface area contributed by atoms with Gasteiger partial charge in [0.05, 0.1) is 20.8 Å². The van der Waals surface area contributed by atoms with E-state index in [4.69, 9.17) is 14.2 Å². The predicted octanol–water partition coefficient (Wildman–Crippen LogP) is 4.11. The van der Waals surface area contributed by atoms with Gasteiger partial charge in [0.15, 0.2) is 5.78 Å². The third kappa shape index (κ3) is 4.15. The van der Waals surface area contributed by atoms with E-state index in [-0.39, 0.29) is 29.9 Å². The highest BCUT2D eigenvalue weighted by Crippen LogP contribution is 2.45. The van der Waals surface area contributed by atoms with Crippen LogP contribution in [-0.2, 0) is 9.59 Å². The fourth-order valence-electron chi connectivity index (χ4n) is 4.59. The van der Waals surface area contributed by atoms with Gasteiger partial charge in [0, 0.05) is 41.5 Å². The number of nitrogens with one attached hydrogen (secondary N) is 1. The van der Waals surface area contributed by atoms with E-state index in [1.807, 2.05) is 49.4 Å². The van der Waals surface area contributed by atoms with Crippen LogP contribution in [0.3, 0.4) is 0 Å². The molecule has 0 fully saturated rings. The molecule has 1 amide bonds. The quantitative estimate of drug-likeness (QED) is 0.760. The average Bonchev–Trinajstić information content (AvgIpc) is 2.78. The molecule has 0 radical (unpaired) electrons. The van der Waals surface area contributed by atoms with Crippen LogP contribution in [0.25, 0.3) is 0 Å². The van der Waals surface area contributed by atoms with Gasteiger partial charge in [-0.25, -0.2) is 0 Å². The number of Topliss-reactive ketones (excluding diaryl/α,β-unsaturated/α-hetero) is 1. The molecule has 0 unspecified atom stereocenters. The number of methoxy groups -OCH3 is 2. The second-order valence-corrected chi connectivity index (χ2v) is 7.84. The van der Waals surface area contributed by atoms with E-state index in [1.54, 1.807) is 14.2 Å². The summed E-state index contributed by atoms with van der Waals surface area (Å²) in [4.78, 5) is 25.8. The number of hydrogen-bond acceptors (Lipinski definition) is 5. The molecule has 1 N–H and O–H groups in total. The van der Waals surface area contributed by atoms with E-state index in [1.165, 1.54) is 0 Å². The molecule has 6 nitrogen and oxygen atoms in total. The molecule has 2 aliphatic rings. The van der Waals surface area contributed by atoms with Gasteiger partial charge in [-0.1, -0.05) is 12.1 Å². The van der Waals surface area contributed by atoms with E-state index < -0.39 is 0 Å². The first-order valence-corrected chi connectivity index (χ1v) is 10.5. The van der Waals surface area contributed by atoms with Crippen molar-refractivity contribution in [3.63, 3.8) is 0 Å². The van der Waals surface area contributed by atoms with Crippen LogP contribution in [0.1, 0.15) is 49.1 Å². The summed E-state index contributed by atoms with van der Waals surface area (Å²) in [5, 5.41) is 2.97. The van der Waals surface area contributed by atoms with Crippen LogP contribution >= 0.6 is 0 Å². The van der Waals surface area contributed by atoms with Crippen molar-refractivity contribution in [2.45, 2.75) is 38.0 Å². The minimum Gasteiger partial charge on any atom is -0.497 e. The first-order valence-electron chi connectivity index (χ1n) is 10.5. The van der Waals surface area contributed by atoms with Gasteiger partial charge >= 0.3 is 0 Å². The Kier molecular flexibility index (Phi) is 5.98. The molecule has 1 aliphatic heterocycles. The second-order valence-electron chi connectivity index (χ2n) is 7.84. The summed E-state index contributed by atoms with van der Waals surface area (Å²) >= 11 is 0. The molecule has 2 aromatic carbocycles. The Morgan fingerprint density at radius 1 is 0.935 bits per heavy atom. The summed E-state index contributed by atoms with van der Waals surface area (Å²) in [6.07, 6.45) is 1.21. The molecule has 0 aromatic heterocycles. The number of carbonyl (C=O) groups is 2. The van der Waals surface area contributed by atoms with Crippen molar-refractivity contribution in [3.05, 3.63) is 64.9 Å². The van der Waals surface area contributed by atoms with Gasteiger partial charge in [-0.3, -0.25) is 9.59 Å². The van der Waals surface area contributed by atoms with Crippen molar-refractivity contribution in [2.75, 3.05) is 20.8 Å². The number of benzene rings is 2. The molecule has 0 saturated carbocycles. The molecule has 31 heavy (non-hydrogen) atoms. The fraction of sp³-hybridized carbons (Fsp3) is 0.360. The highest BCUT2D eigenvalue weighted by molar-refractivity contribution is 6.02. The third-order valence-electron chi connectivity index (χ3n) is 6.01. The zero-order valence-electron chi connectivity index (χ0n) is 18.1. The summed E-state index contributed by atoms with van der Waals surface area (Å²) in [6, 6.07) is 13.3. The molecule has 6 heteroatoms. The average molecular weight is 421 g/mol. The highest BCUT2D eigenvalue weighted by Gasteiger charge is 2.38. The molecule has 1 heterocycles. The van der Waals surface area contributed by atoms with Crippen LogP contribution in [0.5, 0.6) is 17.2 Å². The lowest BCUT2D eigenvalue weighted by Gasteiger charge is -2.35. The maximum Gasteiger partial charge on any atom is 0.225 e. The van der Waals surface area contributed by atoms with Crippen molar-refractivity contribution < 1.29 is 23.8 Å². The minimum absolute atomic E-state index is 0.0648. The largest absolute Gasteiger partial charge is 0.497 e. The van der Waals surface area contributed by atoms with Crippen molar-refractivity contribution in [2.24, 2.45) is 0 Å². The molecule has 0 spiro atoms. The second kappa shape index (κ2) is 8.84. The summed E-state index contributed by atoms with van der Waals surface area (Å²) in [5.74, 6) is 1.88. The van der Waals surface area contributed by atoms with Gasteiger partial charge in [-0.15, -0.1) is 0 Å². The molecular weight excluding hydrogens is 394 g/mol. The lowest BCUT2D eigenvalue weighted by atomic mass is 9.73. The van der Waals surface area contributed by atoms with Crippen LogP contribution in [0.2, 0.25) is 0 Å². The van der Waals surface area contributed by atoms with E-state index in [0.717, 1.165) is 28.1 Å². The van der Waals surface area contributed by atoms with Gasteiger partial charge < -0.3 is 19.5 Å². The fourth-order valence-corrected chi connectivity index (χ4v) is 4.59. The number of hydrogen-bond donors (Lipinski definition) is 1. The van der Waals surface area contributed by atoms with E-state index >= 15 is 0 Å². The standard InChI is InChI=1S/C25H27NO5/c1-4-31-17-7-5-15(6-8-17)20-14-24(28)26-21-11-16(12-22(27)25(20)21)19-13-18(29-2)9-10-23(19)30-3/h5-10,13,16,20H,4,11-12,14H2,1-3H3,(H,26,28)/t16-,20-/m0/s1. The van der Waals surface area contributed by atoms with Crippen molar-refractivity contribution in [1.82, 2.24) is 5.32 Å². The lowest BCUT2D eigenvalue weighted by molar-refractivity contribution is -0.122. The van der Waals surface area contributed by atoms with Gasteiger partial charge in [-0.2, -0.15) is 0 Å². The Hall–Kier alpha value is -3.28. The monoisotopic (exact) mass is 421 g/mol. The molecular formula is C25H27NO5. The topological polar surface area (TPSA) is 73.9 Å². The Balaban J connectivity index is 1.68. The summed E-state index contributed by atoms with van der Waals surface area (Å²) in [6.45, 7) is 2.53. The Bertz CT molecular complexity index is 1020. The zero-order valence-corrected chi connectivity index (χ0v) is 18.1. The number of rotatable bonds is 6. The van der Waals surface area contributed by atoms with Crippen molar-refractivity contribution in [3.8, 4) is 17.2 Å². The summed E-state index contributed by atoms with van der Waals surface area (Å²) in [7, 11) is 3.23. The molecule has 162 valence electrons. The number of allylic oxidation sites excluding steroid dienone is 2. The molecule has 0 bridgehead atoms. The van der Waals surface area contributed by atoms with Crippen molar-refractivity contribution in [1.29, 1.82) is 0 Å². The lowest BCUT2D eigenvalue weighted by Crippen LogP contribution is -2.38. The van der Waals surface area contributed by atoms with Crippen LogP contribution in [0, 0.1) is 0 Å². The van der Waals surface area contributed by atoms with Gasteiger partial charge in [-0.05, 0) is 49.2 Å². The summed E-state index contributed by atoms with van der Waals surface area (Å²) < 4.78 is 16.4. The third-order valence-corrected chi connectivity index (χ3v) is 6.01. The van der Waals surface area contributed by atoms with Crippen LogP contribution in [-0.4, -0.2) is 32.5 Å². The highest BCUT2D eigenvalue weighted by atomic mass is 16.5. The number of amides is 1. The SMILES string of the molecule is CCOc1ccc([C@@H]2CC(=O)NC3=C2C(=O)C[C@@H](c2cc(OC)ccc2OC)C3)cc1. The van der Waals surface area contributed by atoms with Crippen LogP contribution in [0.4, 0.5) is 0 Å². The van der Waals surface area contributed by atoms with E-state index in [0.29, 0.717) is 30.9 Å². The van der Waals surface area contributed by atoms with E-state index in [2.05, 4.69) is 5.32 Å². The Morgan fingerprint density at radius 2 is 1.68 bits per heavy atom. The predicted molar refractivity (Wildman–Crippen MR) is 117 cm³/mol. The van der Waals surface area contributed by atoms with Crippen molar-refractivity contribution >= 4 is 11.7 Å². The molecule has 2 aromatic rings. The van der Waals surface area contributed by atoms with Crippen LogP contribution < -0.4 is 19.5 Å². The van der Waals surface area contributed by atoms with E-state index in [9.17, 15) is 9.59 Å². The summed E-state index contributed by atoms with van der Waals surface area (Å²) in [5.41, 5.74) is 3.32. The molecule has 1 aliphatic carbocycles. The molecule has 4 rings (SSSR count). The van der Waals surface area contributed by atoms with Gasteiger partial charge in [0.2, 0.25) is 5.91 Å². The maximum absolute atomic E-state index is 13.3. The van der Waals surface area contributed by atoms with Crippen LogP contribution in [0.15, 0.2) is 53.7 Å². The van der Waals surface area contributed by atoms with Gasteiger partial charge in [0.25, 0.3) is 0 Å². The smallest absolute Gasteiger partial charge is 0.225 e. The molecule has 0 saturated heterocycles. The normalized spacial score (nSPS) is 20.7. The maximum atomic E-state index is 13.3. The number of ether oxygens (including phenoxy) is 3.